The summed E-state index contributed by atoms with van der Waals surface area (Å²) in [5.41, 5.74) is 3.43. The van der Waals surface area contributed by atoms with Gasteiger partial charge in [-0.2, -0.15) is 0 Å². The molecule has 106 valence electrons. The summed E-state index contributed by atoms with van der Waals surface area (Å²) in [6, 6.07) is 7.00. The maximum Gasteiger partial charge on any atom is 0.118 e. The van der Waals surface area contributed by atoms with Crippen molar-refractivity contribution in [2.75, 3.05) is 5.32 Å². The van der Waals surface area contributed by atoms with E-state index in [1.807, 2.05) is 19.9 Å². The number of phenols is 1. The summed E-state index contributed by atoms with van der Waals surface area (Å²) >= 11 is 18.3. The first-order valence-corrected chi connectivity index (χ1v) is 7.20. The Balaban J connectivity index is 2.26. The van der Waals surface area contributed by atoms with Gasteiger partial charge in [0.2, 0.25) is 0 Å². The lowest BCUT2D eigenvalue weighted by molar-refractivity contribution is 0.471. The molecule has 0 radical (unpaired) electrons. The molecule has 0 saturated heterocycles. The number of rotatable bonds is 3. The molecule has 2 nitrogen and oxygen atoms in total. The van der Waals surface area contributed by atoms with Crippen LogP contribution < -0.4 is 5.32 Å². The van der Waals surface area contributed by atoms with Crippen molar-refractivity contribution in [3.63, 3.8) is 0 Å². The monoisotopic (exact) mass is 329 g/mol. The Morgan fingerprint density at radius 3 is 2.35 bits per heavy atom. The van der Waals surface area contributed by atoms with Gasteiger partial charge in [0, 0.05) is 22.8 Å². The van der Waals surface area contributed by atoms with Gasteiger partial charge in [-0.25, -0.2) is 0 Å². The van der Waals surface area contributed by atoms with Crippen molar-refractivity contribution in [1.29, 1.82) is 0 Å². The van der Waals surface area contributed by atoms with Crippen molar-refractivity contribution in [2.45, 2.75) is 20.4 Å². The number of hydrogen-bond donors (Lipinski definition) is 2. The Labute approximate surface area is 133 Å². The number of halogens is 3. The molecule has 5 heteroatoms. The van der Waals surface area contributed by atoms with E-state index in [0.29, 0.717) is 21.6 Å². The van der Waals surface area contributed by atoms with Crippen molar-refractivity contribution in [1.82, 2.24) is 0 Å². The second-order valence-corrected chi connectivity index (χ2v) is 5.82. The van der Waals surface area contributed by atoms with Crippen LogP contribution in [0.4, 0.5) is 5.69 Å². The summed E-state index contributed by atoms with van der Waals surface area (Å²) < 4.78 is 0. The van der Waals surface area contributed by atoms with Crippen LogP contribution in [0.25, 0.3) is 0 Å². The third-order valence-electron chi connectivity index (χ3n) is 3.14. The molecule has 2 rings (SSSR count). The maximum atomic E-state index is 9.65. The molecule has 2 aromatic carbocycles. The van der Waals surface area contributed by atoms with Crippen LogP contribution in [0.2, 0.25) is 15.1 Å². The van der Waals surface area contributed by atoms with E-state index < -0.39 is 0 Å². The fourth-order valence-corrected chi connectivity index (χ4v) is 2.59. The smallest absolute Gasteiger partial charge is 0.118 e. The van der Waals surface area contributed by atoms with Gasteiger partial charge in [0.15, 0.2) is 0 Å². The number of aryl methyl sites for hydroxylation is 2. The van der Waals surface area contributed by atoms with Crippen molar-refractivity contribution in [3.05, 3.63) is 56.0 Å². The molecule has 0 fully saturated rings. The summed E-state index contributed by atoms with van der Waals surface area (Å²) in [5.74, 6) is 0.284. The van der Waals surface area contributed by atoms with Gasteiger partial charge in [-0.05, 0) is 49.2 Å². The zero-order valence-corrected chi connectivity index (χ0v) is 13.4. The second-order valence-electron chi connectivity index (χ2n) is 4.63. The van der Waals surface area contributed by atoms with Gasteiger partial charge in [-0.1, -0.05) is 34.8 Å². The topological polar surface area (TPSA) is 32.3 Å². The lowest BCUT2D eigenvalue weighted by atomic mass is 10.1. The molecule has 0 heterocycles. The lowest BCUT2D eigenvalue weighted by Crippen LogP contribution is -2.03. The standard InChI is InChI=1S/C15H14Cl3NO/c1-8-6-14(20)9(2)5-13(8)19-7-10-11(16)3-4-12(17)15(10)18/h3-6,19-20H,7H2,1-2H3. The predicted molar refractivity (Wildman–Crippen MR) is 86.4 cm³/mol. The van der Waals surface area contributed by atoms with Crippen LogP contribution in [0.3, 0.4) is 0 Å². The minimum absolute atomic E-state index is 0.284. The number of hydrogen-bond acceptors (Lipinski definition) is 2. The zero-order chi connectivity index (χ0) is 14.9. The number of benzene rings is 2. The number of nitrogens with one attached hydrogen (secondary N) is 1. The summed E-state index contributed by atoms with van der Waals surface area (Å²) in [6.07, 6.45) is 0. The first-order chi connectivity index (χ1) is 9.40. The Morgan fingerprint density at radius 2 is 1.65 bits per heavy atom. The molecule has 0 aliphatic rings. The Bertz CT molecular complexity index is 656. The summed E-state index contributed by atoms with van der Waals surface area (Å²) in [6.45, 7) is 4.23. The second kappa shape index (κ2) is 6.13. The van der Waals surface area contributed by atoms with Crippen LogP contribution in [0.5, 0.6) is 5.75 Å². The predicted octanol–water partition coefficient (Wildman–Crippen LogP) is 5.58. The molecule has 0 spiro atoms. The molecular formula is C15H14Cl3NO. The molecule has 0 atom stereocenters. The number of phenolic OH excluding ortho intramolecular Hbond substituents is 1. The Morgan fingerprint density at radius 1 is 1.00 bits per heavy atom. The molecule has 0 amide bonds. The van der Waals surface area contributed by atoms with E-state index in [9.17, 15) is 5.11 Å². The van der Waals surface area contributed by atoms with Gasteiger partial charge in [0.1, 0.15) is 5.75 Å². The fourth-order valence-electron chi connectivity index (χ4n) is 1.91. The summed E-state index contributed by atoms with van der Waals surface area (Å²) in [4.78, 5) is 0. The van der Waals surface area contributed by atoms with Gasteiger partial charge in [0.25, 0.3) is 0 Å². The minimum Gasteiger partial charge on any atom is -0.508 e. The van der Waals surface area contributed by atoms with Crippen molar-refractivity contribution >= 4 is 40.5 Å². The van der Waals surface area contributed by atoms with Crippen molar-refractivity contribution in [3.8, 4) is 5.75 Å². The third-order valence-corrected chi connectivity index (χ3v) is 4.33. The normalized spacial score (nSPS) is 10.7. The molecule has 0 unspecified atom stereocenters. The third kappa shape index (κ3) is 3.14. The minimum atomic E-state index is 0.284. The molecule has 0 aromatic heterocycles. The van der Waals surface area contributed by atoms with Crippen LogP contribution in [0.1, 0.15) is 16.7 Å². The van der Waals surface area contributed by atoms with E-state index in [2.05, 4.69) is 5.32 Å². The highest BCUT2D eigenvalue weighted by atomic mass is 35.5. The maximum absolute atomic E-state index is 9.65. The van der Waals surface area contributed by atoms with Crippen LogP contribution >= 0.6 is 34.8 Å². The SMILES string of the molecule is Cc1cc(NCc2c(Cl)ccc(Cl)c2Cl)c(C)cc1O. The summed E-state index contributed by atoms with van der Waals surface area (Å²) in [7, 11) is 0. The highest BCUT2D eigenvalue weighted by Gasteiger charge is 2.10. The first-order valence-electron chi connectivity index (χ1n) is 6.06. The quantitative estimate of drug-likeness (QED) is 0.568. The average molecular weight is 331 g/mol. The van der Waals surface area contributed by atoms with E-state index in [1.165, 1.54) is 0 Å². The van der Waals surface area contributed by atoms with Crippen LogP contribution in [-0.2, 0) is 6.54 Å². The van der Waals surface area contributed by atoms with E-state index >= 15 is 0 Å². The van der Waals surface area contributed by atoms with Crippen molar-refractivity contribution < 1.29 is 5.11 Å². The van der Waals surface area contributed by atoms with Gasteiger partial charge in [-0.3, -0.25) is 0 Å². The van der Waals surface area contributed by atoms with Gasteiger partial charge in [-0.15, -0.1) is 0 Å². The zero-order valence-electron chi connectivity index (χ0n) is 11.1. The largest absolute Gasteiger partial charge is 0.508 e. The molecule has 0 aliphatic heterocycles. The van der Waals surface area contributed by atoms with Crippen LogP contribution in [0, 0.1) is 13.8 Å². The van der Waals surface area contributed by atoms with E-state index in [1.54, 1.807) is 18.2 Å². The number of anilines is 1. The Hall–Kier alpha value is -1.09. The first kappa shape index (κ1) is 15.3. The lowest BCUT2D eigenvalue weighted by Gasteiger charge is -2.14. The van der Waals surface area contributed by atoms with Crippen molar-refractivity contribution in [2.24, 2.45) is 0 Å². The molecule has 0 saturated carbocycles. The summed E-state index contributed by atoms with van der Waals surface area (Å²) in [5, 5.41) is 14.4. The van der Waals surface area contributed by atoms with E-state index in [0.717, 1.165) is 22.4 Å². The average Bonchev–Trinajstić information content (AvgIpc) is 2.40. The fraction of sp³-hybridized carbons (Fsp3) is 0.200. The van der Waals surface area contributed by atoms with E-state index in [-0.39, 0.29) is 5.75 Å². The van der Waals surface area contributed by atoms with Gasteiger partial charge in [0.05, 0.1) is 10.0 Å². The van der Waals surface area contributed by atoms with Gasteiger partial charge >= 0.3 is 0 Å². The molecular weight excluding hydrogens is 317 g/mol. The van der Waals surface area contributed by atoms with Gasteiger partial charge < -0.3 is 10.4 Å². The number of aromatic hydroxyl groups is 1. The highest BCUT2D eigenvalue weighted by Crippen LogP contribution is 2.32. The molecule has 0 bridgehead atoms. The highest BCUT2D eigenvalue weighted by molar-refractivity contribution is 6.44. The molecule has 0 aliphatic carbocycles. The van der Waals surface area contributed by atoms with Crippen LogP contribution in [0.15, 0.2) is 24.3 Å². The molecule has 2 aromatic rings. The van der Waals surface area contributed by atoms with E-state index in [4.69, 9.17) is 34.8 Å². The van der Waals surface area contributed by atoms with Crippen LogP contribution in [-0.4, -0.2) is 5.11 Å². The Kier molecular flexibility index (Phi) is 4.69. The molecule has 2 N–H and O–H groups in total. The molecule has 20 heavy (non-hydrogen) atoms.